The summed E-state index contributed by atoms with van der Waals surface area (Å²) in [5.74, 6) is 0.486. The molecule has 0 aliphatic carbocycles. The highest BCUT2D eigenvalue weighted by Crippen LogP contribution is 2.18. The number of H-pyrrole nitrogens is 1. The molecule has 0 atom stereocenters. The summed E-state index contributed by atoms with van der Waals surface area (Å²) in [6.07, 6.45) is 0. The van der Waals surface area contributed by atoms with Gasteiger partial charge in [-0.15, -0.1) is 0 Å². The zero-order valence-electron chi connectivity index (χ0n) is 11.0. The third kappa shape index (κ3) is 2.49. The van der Waals surface area contributed by atoms with Gasteiger partial charge in [0.1, 0.15) is 5.69 Å². The molecule has 1 N–H and O–H groups in total. The summed E-state index contributed by atoms with van der Waals surface area (Å²) in [6.45, 7) is 1.91. The van der Waals surface area contributed by atoms with E-state index in [1.54, 1.807) is 0 Å². The van der Waals surface area contributed by atoms with Gasteiger partial charge in [0.15, 0.2) is 5.82 Å². The van der Waals surface area contributed by atoms with Gasteiger partial charge in [-0.3, -0.25) is 4.79 Å². The maximum atomic E-state index is 11.8. The summed E-state index contributed by atoms with van der Waals surface area (Å²) < 4.78 is 0. The van der Waals surface area contributed by atoms with Crippen LogP contribution in [0.2, 0.25) is 0 Å². The van der Waals surface area contributed by atoms with E-state index in [0.717, 1.165) is 11.3 Å². The van der Waals surface area contributed by atoms with Crippen LogP contribution in [-0.4, -0.2) is 15.0 Å². The maximum absolute atomic E-state index is 11.8. The molecule has 2 aromatic heterocycles. The fourth-order valence-corrected chi connectivity index (χ4v) is 2.01. The summed E-state index contributed by atoms with van der Waals surface area (Å²) in [6, 6.07) is 16.7. The van der Waals surface area contributed by atoms with Crippen LogP contribution >= 0.6 is 0 Å². The van der Waals surface area contributed by atoms with Crippen molar-refractivity contribution in [3.8, 4) is 22.8 Å². The van der Waals surface area contributed by atoms with E-state index in [0.29, 0.717) is 17.2 Å². The highest BCUT2D eigenvalue weighted by molar-refractivity contribution is 5.61. The van der Waals surface area contributed by atoms with Crippen molar-refractivity contribution >= 4 is 0 Å². The lowest BCUT2D eigenvalue weighted by atomic mass is 10.1. The summed E-state index contributed by atoms with van der Waals surface area (Å²) >= 11 is 0. The van der Waals surface area contributed by atoms with Crippen molar-refractivity contribution in [3.63, 3.8) is 0 Å². The number of hydrogen-bond acceptors (Lipinski definition) is 3. The van der Waals surface area contributed by atoms with E-state index in [1.807, 2.05) is 55.5 Å². The number of nitrogens with one attached hydrogen (secondary N) is 1. The van der Waals surface area contributed by atoms with Crippen LogP contribution in [0, 0.1) is 6.92 Å². The molecule has 0 aliphatic heterocycles. The molecule has 0 radical (unpaired) electrons. The van der Waals surface area contributed by atoms with Crippen LogP contribution in [0.4, 0.5) is 0 Å². The Hall–Kier alpha value is -2.75. The maximum Gasteiger partial charge on any atom is 0.251 e. The first-order chi connectivity index (χ1) is 9.72. The van der Waals surface area contributed by atoms with Crippen LogP contribution < -0.4 is 5.56 Å². The Bertz CT molecular complexity index is 794. The quantitative estimate of drug-likeness (QED) is 0.773. The van der Waals surface area contributed by atoms with Crippen LogP contribution in [0.1, 0.15) is 5.69 Å². The van der Waals surface area contributed by atoms with E-state index < -0.39 is 0 Å². The highest BCUT2D eigenvalue weighted by atomic mass is 16.1. The van der Waals surface area contributed by atoms with Gasteiger partial charge >= 0.3 is 0 Å². The monoisotopic (exact) mass is 263 g/mol. The normalized spacial score (nSPS) is 10.4. The van der Waals surface area contributed by atoms with Crippen LogP contribution in [0.5, 0.6) is 0 Å². The van der Waals surface area contributed by atoms with Crippen LogP contribution in [0.25, 0.3) is 22.8 Å². The average molecular weight is 263 g/mol. The number of aromatic nitrogens is 3. The lowest BCUT2D eigenvalue weighted by molar-refractivity contribution is 1.09. The fraction of sp³-hybridized carbons (Fsp3) is 0.0625. The Morgan fingerprint density at radius 1 is 0.900 bits per heavy atom. The van der Waals surface area contributed by atoms with E-state index in [2.05, 4.69) is 15.0 Å². The van der Waals surface area contributed by atoms with Crippen LogP contribution in [0.15, 0.2) is 59.4 Å². The minimum atomic E-state index is -0.183. The molecule has 0 saturated heterocycles. The molecular weight excluding hydrogens is 250 g/mol. The standard InChI is InChI=1S/C16H13N3O/c1-11-6-5-9-13(17-11)16-18-14(10-15(20)19-16)12-7-3-2-4-8-12/h2-10H,1H3,(H,18,19,20). The molecule has 98 valence electrons. The SMILES string of the molecule is Cc1cccc(-c2nc(-c3ccccc3)cc(=O)[nH]2)n1. The molecule has 0 bridgehead atoms. The topological polar surface area (TPSA) is 58.6 Å². The lowest BCUT2D eigenvalue weighted by Crippen LogP contribution is -2.09. The van der Waals surface area contributed by atoms with Crippen molar-refractivity contribution in [1.29, 1.82) is 0 Å². The van der Waals surface area contributed by atoms with Gasteiger partial charge in [0.05, 0.1) is 5.69 Å². The van der Waals surface area contributed by atoms with E-state index in [4.69, 9.17) is 0 Å². The molecule has 4 heteroatoms. The number of benzene rings is 1. The summed E-state index contributed by atoms with van der Waals surface area (Å²) in [4.78, 5) is 23.4. The molecule has 1 aromatic carbocycles. The minimum Gasteiger partial charge on any atom is -0.305 e. The Labute approximate surface area is 116 Å². The van der Waals surface area contributed by atoms with Gasteiger partial charge < -0.3 is 4.98 Å². The second kappa shape index (κ2) is 5.09. The van der Waals surface area contributed by atoms with E-state index >= 15 is 0 Å². The third-order valence-electron chi connectivity index (χ3n) is 2.94. The first-order valence-corrected chi connectivity index (χ1v) is 6.33. The number of aromatic amines is 1. The predicted octanol–water partition coefficient (Wildman–Crippen LogP) is 2.81. The molecule has 0 unspecified atom stereocenters. The van der Waals surface area contributed by atoms with Gasteiger partial charge in [-0.25, -0.2) is 9.97 Å². The molecule has 0 aliphatic rings. The molecule has 4 nitrogen and oxygen atoms in total. The van der Waals surface area contributed by atoms with Crippen molar-refractivity contribution in [1.82, 2.24) is 15.0 Å². The van der Waals surface area contributed by atoms with Gasteiger partial charge in [0.2, 0.25) is 0 Å². The molecule has 0 spiro atoms. The molecule has 0 fully saturated rings. The van der Waals surface area contributed by atoms with Crippen molar-refractivity contribution in [2.24, 2.45) is 0 Å². The third-order valence-corrected chi connectivity index (χ3v) is 2.94. The molecule has 3 aromatic rings. The molecule has 0 saturated carbocycles. The molecular formula is C16H13N3O. The van der Waals surface area contributed by atoms with Gasteiger partial charge in [0, 0.05) is 17.3 Å². The van der Waals surface area contributed by atoms with Crippen molar-refractivity contribution < 1.29 is 0 Å². The zero-order valence-corrected chi connectivity index (χ0v) is 11.0. The Morgan fingerprint density at radius 3 is 2.45 bits per heavy atom. The number of nitrogens with zero attached hydrogens (tertiary/aromatic N) is 2. The smallest absolute Gasteiger partial charge is 0.251 e. The molecule has 3 rings (SSSR count). The van der Waals surface area contributed by atoms with Crippen molar-refractivity contribution in [2.45, 2.75) is 6.92 Å². The minimum absolute atomic E-state index is 0.183. The zero-order chi connectivity index (χ0) is 13.9. The number of hydrogen-bond donors (Lipinski definition) is 1. The van der Waals surface area contributed by atoms with Crippen molar-refractivity contribution in [2.75, 3.05) is 0 Å². The van der Waals surface area contributed by atoms with Crippen molar-refractivity contribution in [3.05, 3.63) is 70.6 Å². The number of rotatable bonds is 2. The van der Waals surface area contributed by atoms with E-state index in [9.17, 15) is 4.79 Å². The first kappa shape index (κ1) is 12.3. The first-order valence-electron chi connectivity index (χ1n) is 6.33. The second-order valence-corrected chi connectivity index (χ2v) is 4.51. The number of pyridine rings is 1. The van der Waals surface area contributed by atoms with E-state index in [-0.39, 0.29) is 5.56 Å². The summed E-state index contributed by atoms with van der Waals surface area (Å²) in [5, 5.41) is 0. The fourth-order valence-electron chi connectivity index (χ4n) is 2.01. The largest absolute Gasteiger partial charge is 0.305 e. The average Bonchev–Trinajstić information content (AvgIpc) is 2.47. The lowest BCUT2D eigenvalue weighted by Gasteiger charge is -2.04. The molecule has 20 heavy (non-hydrogen) atoms. The summed E-state index contributed by atoms with van der Waals surface area (Å²) in [7, 11) is 0. The Kier molecular flexibility index (Phi) is 3.13. The predicted molar refractivity (Wildman–Crippen MR) is 78.3 cm³/mol. The molecule has 2 heterocycles. The molecule has 0 amide bonds. The Morgan fingerprint density at radius 2 is 1.70 bits per heavy atom. The van der Waals surface area contributed by atoms with Gasteiger partial charge in [-0.2, -0.15) is 0 Å². The van der Waals surface area contributed by atoms with Gasteiger partial charge in [0.25, 0.3) is 5.56 Å². The number of aryl methyl sites for hydroxylation is 1. The van der Waals surface area contributed by atoms with Gasteiger partial charge in [-0.1, -0.05) is 36.4 Å². The second-order valence-electron chi connectivity index (χ2n) is 4.51. The van der Waals surface area contributed by atoms with E-state index in [1.165, 1.54) is 6.07 Å². The van der Waals surface area contributed by atoms with Crippen LogP contribution in [-0.2, 0) is 0 Å². The Balaban J connectivity index is 2.15. The highest BCUT2D eigenvalue weighted by Gasteiger charge is 2.06. The summed E-state index contributed by atoms with van der Waals surface area (Å²) in [5.41, 5.74) is 2.92. The van der Waals surface area contributed by atoms with Gasteiger partial charge in [-0.05, 0) is 19.1 Å². The van der Waals surface area contributed by atoms with Crippen LogP contribution in [0.3, 0.4) is 0 Å².